The number of benzene rings is 2. The van der Waals surface area contributed by atoms with Gasteiger partial charge < -0.3 is 18.1 Å². The van der Waals surface area contributed by atoms with Gasteiger partial charge in [0.25, 0.3) is 0 Å². The molecule has 8 nitrogen and oxygen atoms in total. The second-order valence-electron chi connectivity index (χ2n) is 5.57. The third kappa shape index (κ3) is 3.35. The van der Waals surface area contributed by atoms with E-state index >= 15 is 0 Å². The molecule has 2 aromatic carbocycles. The van der Waals surface area contributed by atoms with Crippen LogP contribution in [0.15, 0.2) is 34.7 Å². The molecule has 0 saturated heterocycles. The molecule has 0 atom stereocenters. The lowest BCUT2D eigenvalue weighted by atomic mass is 10.1. The number of esters is 2. The van der Waals surface area contributed by atoms with E-state index in [4.69, 9.17) is 4.42 Å². The second kappa shape index (κ2) is 6.95. The highest BCUT2D eigenvalue weighted by Gasteiger charge is 2.49. The number of furan rings is 1. The number of ether oxygens (including phenoxy) is 2. The highest BCUT2D eigenvalue weighted by molar-refractivity contribution is 7.88. The summed E-state index contributed by atoms with van der Waals surface area (Å²) in [5.41, 5.74) is -6.46. The Bertz CT molecular complexity index is 1240. The van der Waals surface area contributed by atoms with Gasteiger partial charge >= 0.3 is 27.6 Å². The molecule has 1 heterocycles. The Balaban J connectivity index is 2.40. The highest BCUT2D eigenvalue weighted by atomic mass is 32.2. The Labute approximate surface area is 160 Å². The fraction of sp³-hybridized carbons (Fsp3) is 0.176. The van der Waals surface area contributed by atoms with Crippen LogP contribution in [-0.4, -0.2) is 40.1 Å². The first-order chi connectivity index (χ1) is 13.5. The van der Waals surface area contributed by atoms with Crippen molar-refractivity contribution in [1.82, 2.24) is 0 Å². The third-order valence-electron chi connectivity index (χ3n) is 3.90. The molecular formula is C17H11F3O8S. The number of hydrogen-bond acceptors (Lipinski definition) is 8. The van der Waals surface area contributed by atoms with Crippen LogP contribution in [0.1, 0.15) is 20.7 Å². The molecule has 0 fully saturated rings. The van der Waals surface area contributed by atoms with Gasteiger partial charge in [-0.05, 0) is 18.2 Å². The Morgan fingerprint density at radius 3 is 2.07 bits per heavy atom. The molecule has 0 saturated carbocycles. The maximum absolute atomic E-state index is 12.8. The quantitative estimate of drug-likeness (QED) is 0.351. The zero-order valence-electron chi connectivity index (χ0n) is 14.7. The van der Waals surface area contributed by atoms with Crippen molar-refractivity contribution in [2.24, 2.45) is 0 Å². The number of para-hydroxylation sites is 1. The third-order valence-corrected chi connectivity index (χ3v) is 4.87. The predicted octanol–water partition coefficient (Wildman–Crippen LogP) is 3.39. The number of fused-ring (bicyclic) bond motifs is 3. The van der Waals surface area contributed by atoms with Gasteiger partial charge in [0.15, 0.2) is 11.3 Å². The van der Waals surface area contributed by atoms with Gasteiger partial charge in [-0.2, -0.15) is 21.6 Å². The van der Waals surface area contributed by atoms with Crippen molar-refractivity contribution in [1.29, 1.82) is 0 Å². The van der Waals surface area contributed by atoms with Crippen LogP contribution in [0.4, 0.5) is 13.2 Å². The molecule has 0 bridgehead atoms. The smallest absolute Gasteiger partial charge is 0.465 e. The molecule has 0 unspecified atom stereocenters. The van der Waals surface area contributed by atoms with E-state index in [9.17, 15) is 31.2 Å². The van der Waals surface area contributed by atoms with Crippen molar-refractivity contribution in [3.63, 3.8) is 0 Å². The summed E-state index contributed by atoms with van der Waals surface area (Å²) in [4.78, 5) is 24.0. The number of alkyl halides is 3. The first-order valence-corrected chi connectivity index (χ1v) is 9.08. The highest BCUT2D eigenvalue weighted by Crippen LogP contribution is 2.41. The van der Waals surface area contributed by atoms with Gasteiger partial charge in [-0.1, -0.05) is 12.1 Å². The van der Waals surface area contributed by atoms with Crippen molar-refractivity contribution in [2.75, 3.05) is 14.2 Å². The largest absolute Gasteiger partial charge is 0.534 e. The normalized spacial score (nSPS) is 12.2. The summed E-state index contributed by atoms with van der Waals surface area (Å²) < 4.78 is 80.3. The molecule has 0 spiro atoms. The molecule has 0 aliphatic rings. The predicted molar refractivity (Wildman–Crippen MR) is 92.0 cm³/mol. The van der Waals surface area contributed by atoms with E-state index in [0.717, 1.165) is 26.4 Å². The summed E-state index contributed by atoms with van der Waals surface area (Å²) in [6.07, 6.45) is 0. The zero-order valence-corrected chi connectivity index (χ0v) is 15.5. The number of methoxy groups -OCH3 is 2. The van der Waals surface area contributed by atoms with E-state index in [1.165, 1.54) is 18.2 Å². The molecular weight excluding hydrogens is 421 g/mol. The fourth-order valence-corrected chi connectivity index (χ4v) is 3.12. The van der Waals surface area contributed by atoms with E-state index < -0.39 is 33.3 Å². The monoisotopic (exact) mass is 432 g/mol. The average Bonchev–Trinajstić information content (AvgIpc) is 3.05. The Hall–Kier alpha value is -3.28. The van der Waals surface area contributed by atoms with Crippen molar-refractivity contribution in [3.8, 4) is 5.75 Å². The number of halogens is 3. The molecule has 0 aliphatic heterocycles. The van der Waals surface area contributed by atoms with Crippen LogP contribution < -0.4 is 4.18 Å². The van der Waals surface area contributed by atoms with E-state index in [-0.39, 0.29) is 33.1 Å². The SMILES string of the molecule is COC(=O)c1cccc2c1oc1c(C(=O)OC)ccc(OS(=O)(=O)C(F)(F)F)c12. The first-order valence-electron chi connectivity index (χ1n) is 7.67. The molecule has 0 aliphatic carbocycles. The maximum atomic E-state index is 12.8. The summed E-state index contributed by atoms with van der Waals surface area (Å²) in [7, 11) is -3.84. The standard InChI is InChI=1S/C17H11F3O8S/c1-25-15(21)9-5-3-4-8-12-11(28-29(23,24)17(18,19)20)7-6-10(16(22)26-2)14(12)27-13(8)9/h3-7H,1-2H3. The number of carbonyl (C=O) groups excluding carboxylic acids is 2. The van der Waals surface area contributed by atoms with Gasteiger partial charge in [0.05, 0.1) is 19.6 Å². The minimum absolute atomic E-state index is 0.0287. The van der Waals surface area contributed by atoms with Crippen LogP contribution in [0.2, 0.25) is 0 Å². The minimum Gasteiger partial charge on any atom is -0.465 e. The maximum Gasteiger partial charge on any atom is 0.534 e. The Morgan fingerprint density at radius 1 is 0.931 bits per heavy atom. The molecule has 0 N–H and O–H groups in total. The van der Waals surface area contributed by atoms with Gasteiger partial charge in [-0.3, -0.25) is 0 Å². The Morgan fingerprint density at radius 2 is 1.52 bits per heavy atom. The number of rotatable bonds is 4. The lowest BCUT2D eigenvalue weighted by Crippen LogP contribution is -2.28. The van der Waals surface area contributed by atoms with E-state index in [1.54, 1.807) is 0 Å². The van der Waals surface area contributed by atoms with Crippen molar-refractivity contribution in [3.05, 3.63) is 41.5 Å². The minimum atomic E-state index is -6.01. The zero-order chi connectivity index (χ0) is 21.6. The van der Waals surface area contributed by atoms with Gasteiger partial charge in [0.2, 0.25) is 0 Å². The van der Waals surface area contributed by atoms with Crippen molar-refractivity contribution in [2.45, 2.75) is 5.51 Å². The van der Waals surface area contributed by atoms with Crippen molar-refractivity contribution < 1.29 is 49.3 Å². The molecule has 3 rings (SSSR count). The topological polar surface area (TPSA) is 109 Å². The molecule has 0 radical (unpaired) electrons. The Kier molecular flexibility index (Phi) is 4.91. The van der Waals surface area contributed by atoms with Crippen molar-refractivity contribution >= 4 is 44.0 Å². The molecule has 0 amide bonds. The number of carbonyl (C=O) groups is 2. The summed E-state index contributed by atoms with van der Waals surface area (Å²) in [6, 6.07) is 5.88. The molecule has 3 aromatic rings. The molecule has 1 aromatic heterocycles. The molecule has 29 heavy (non-hydrogen) atoms. The van der Waals surface area contributed by atoms with Crippen LogP contribution in [0.5, 0.6) is 5.75 Å². The van der Waals surface area contributed by atoms with Gasteiger partial charge in [-0.25, -0.2) is 9.59 Å². The molecule has 12 heteroatoms. The summed E-state index contributed by atoms with van der Waals surface area (Å²) in [5, 5.41) is -0.234. The lowest BCUT2D eigenvalue weighted by Gasteiger charge is -2.11. The summed E-state index contributed by atoms with van der Waals surface area (Å²) >= 11 is 0. The lowest BCUT2D eigenvalue weighted by molar-refractivity contribution is -0.0499. The van der Waals surface area contributed by atoms with E-state index in [2.05, 4.69) is 13.7 Å². The van der Waals surface area contributed by atoms with E-state index in [1.807, 2.05) is 0 Å². The second-order valence-corrected chi connectivity index (χ2v) is 7.10. The number of hydrogen-bond donors (Lipinski definition) is 0. The van der Waals surface area contributed by atoms with Crippen LogP contribution in [0, 0.1) is 0 Å². The fourth-order valence-electron chi connectivity index (χ4n) is 2.65. The van der Waals surface area contributed by atoms with E-state index in [0.29, 0.717) is 0 Å². The summed E-state index contributed by atoms with van der Waals surface area (Å²) in [5.74, 6) is -2.47. The van der Waals surface area contributed by atoms with Gasteiger partial charge in [0, 0.05) is 5.39 Å². The van der Waals surface area contributed by atoms with Crippen LogP contribution in [0.25, 0.3) is 21.9 Å². The van der Waals surface area contributed by atoms with Crippen LogP contribution in [-0.2, 0) is 19.6 Å². The van der Waals surface area contributed by atoms with Gasteiger partial charge in [-0.15, -0.1) is 0 Å². The summed E-state index contributed by atoms with van der Waals surface area (Å²) in [6.45, 7) is 0. The van der Waals surface area contributed by atoms with Gasteiger partial charge in [0.1, 0.15) is 16.7 Å². The average molecular weight is 432 g/mol. The first kappa shape index (κ1) is 20.5. The van der Waals surface area contributed by atoms with Crippen LogP contribution >= 0.6 is 0 Å². The van der Waals surface area contributed by atoms with Crippen LogP contribution in [0.3, 0.4) is 0 Å². The molecule has 154 valence electrons.